The second kappa shape index (κ2) is 6.89. The fourth-order valence-corrected chi connectivity index (χ4v) is 3.15. The first-order valence-electron chi connectivity index (χ1n) is 7.61. The number of hydrogen-bond donors (Lipinski definition) is 2. The minimum absolute atomic E-state index is 0.350. The number of aromatic carboxylic acids is 1. The van der Waals surface area contributed by atoms with Gasteiger partial charge >= 0.3 is 5.97 Å². The van der Waals surface area contributed by atoms with Crippen molar-refractivity contribution in [2.75, 3.05) is 6.54 Å². The molecular formula is C17H25NO2. The maximum absolute atomic E-state index is 10.8. The first kappa shape index (κ1) is 15.0. The molecule has 0 saturated heterocycles. The van der Waals surface area contributed by atoms with Gasteiger partial charge in [0.2, 0.25) is 0 Å². The molecule has 1 saturated carbocycles. The Bertz CT molecular complexity index is 441. The van der Waals surface area contributed by atoms with Gasteiger partial charge in [0.05, 0.1) is 5.56 Å². The molecule has 0 aliphatic heterocycles. The lowest BCUT2D eigenvalue weighted by Gasteiger charge is -2.34. The molecule has 0 heterocycles. The van der Waals surface area contributed by atoms with Crippen LogP contribution in [0.15, 0.2) is 24.3 Å². The van der Waals surface area contributed by atoms with E-state index in [0.29, 0.717) is 5.56 Å². The van der Waals surface area contributed by atoms with Crippen LogP contribution in [-0.4, -0.2) is 17.6 Å². The Labute approximate surface area is 121 Å². The zero-order valence-corrected chi connectivity index (χ0v) is 12.4. The topological polar surface area (TPSA) is 49.3 Å². The highest BCUT2D eigenvalue weighted by Crippen LogP contribution is 2.33. The van der Waals surface area contributed by atoms with Crippen molar-refractivity contribution >= 4 is 5.97 Å². The Morgan fingerprint density at radius 1 is 1.25 bits per heavy atom. The summed E-state index contributed by atoms with van der Waals surface area (Å²) < 4.78 is 0. The van der Waals surface area contributed by atoms with E-state index < -0.39 is 5.97 Å². The lowest BCUT2D eigenvalue weighted by atomic mass is 9.74. The fourth-order valence-electron chi connectivity index (χ4n) is 3.15. The van der Waals surface area contributed by atoms with Gasteiger partial charge in [-0.3, -0.25) is 0 Å². The number of nitrogens with one attached hydrogen (secondary N) is 1. The Morgan fingerprint density at radius 3 is 2.60 bits per heavy atom. The number of carbonyl (C=O) groups is 1. The molecule has 1 aromatic carbocycles. The number of benzene rings is 1. The highest BCUT2D eigenvalue weighted by Gasteiger charge is 2.26. The van der Waals surface area contributed by atoms with Gasteiger partial charge in [-0.25, -0.2) is 4.79 Å². The fraction of sp³-hybridized carbons (Fsp3) is 0.588. The number of carboxylic acid groups (broad SMARTS) is 1. The van der Waals surface area contributed by atoms with Crippen LogP contribution in [-0.2, 0) is 6.54 Å². The summed E-state index contributed by atoms with van der Waals surface area (Å²) in [6.07, 6.45) is 4.05. The van der Waals surface area contributed by atoms with Crippen LogP contribution in [0.1, 0.15) is 49.0 Å². The molecule has 0 bridgehead atoms. The lowest BCUT2D eigenvalue weighted by molar-refractivity contribution is 0.0697. The van der Waals surface area contributed by atoms with E-state index in [9.17, 15) is 4.79 Å². The van der Waals surface area contributed by atoms with E-state index in [-0.39, 0.29) is 0 Å². The van der Waals surface area contributed by atoms with Crippen molar-refractivity contribution < 1.29 is 9.90 Å². The van der Waals surface area contributed by atoms with Gasteiger partial charge < -0.3 is 10.4 Å². The van der Waals surface area contributed by atoms with E-state index in [1.54, 1.807) is 12.1 Å². The Hall–Kier alpha value is -1.35. The van der Waals surface area contributed by atoms with Gasteiger partial charge in [-0.05, 0) is 48.4 Å². The second-order valence-corrected chi connectivity index (χ2v) is 6.16. The monoisotopic (exact) mass is 275 g/mol. The third-order valence-corrected chi connectivity index (χ3v) is 4.81. The highest BCUT2D eigenvalue weighted by atomic mass is 16.4. The quantitative estimate of drug-likeness (QED) is 0.864. The molecule has 0 radical (unpaired) electrons. The average molecular weight is 275 g/mol. The van der Waals surface area contributed by atoms with Crippen LogP contribution < -0.4 is 5.32 Å². The molecule has 1 aliphatic rings. The number of carboxylic acids is 1. The van der Waals surface area contributed by atoms with Gasteiger partial charge in [0.15, 0.2) is 0 Å². The lowest BCUT2D eigenvalue weighted by Crippen LogP contribution is -2.32. The molecule has 3 unspecified atom stereocenters. The van der Waals surface area contributed by atoms with Crippen molar-refractivity contribution in [1.29, 1.82) is 0 Å². The summed E-state index contributed by atoms with van der Waals surface area (Å²) in [4.78, 5) is 10.8. The van der Waals surface area contributed by atoms with E-state index in [1.165, 1.54) is 19.3 Å². The molecule has 2 rings (SSSR count). The summed E-state index contributed by atoms with van der Waals surface area (Å²) in [5.74, 6) is 1.54. The largest absolute Gasteiger partial charge is 0.478 e. The summed E-state index contributed by atoms with van der Waals surface area (Å²) in [5, 5.41) is 12.4. The van der Waals surface area contributed by atoms with Crippen molar-refractivity contribution in [3.05, 3.63) is 35.4 Å². The first-order valence-corrected chi connectivity index (χ1v) is 7.61. The third kappa shape index (κ3) is 3.83. The van der Waals surface area contributed by atoms with E-state index in [4.69, 9.17) is 5.11 Å². The zero-order valence-electron chi connectivity index (χ0n) is 12.4. The predicted octanol–water partition coefficient (Wildman–Crippen LogP) is 3.55. The number of rotatable bonds is 5. The molecule has 1 fully saturated rings. The van der Waals surface area contributed by atoms with Gasteiger partial charge in [-0.1, -0.05) is 38.8 Å². The molecule has 3 heteroatoms. The molecule has 1 aromatic rings. The molecule has 3 nitrogen and oxygen atoms in total. The van der Waals surface area contributed by atoms with E-state index in [1.807, 2.05) is 12.1 Å². The molecule has 0 amide bonds. The maximum atomic E-state index is 10.8. The minimum Gasteiger partial charge on any atom is -0.478 e. The summed E-state index contributed by atoms with van der Waals surface area (Å²) >= 11 is 0. The maximum Gasteiger partial charge on any atom is 0.335 e. The standard InChI is InChI=1S/C17H25NO2/c1-12-4-3-5-16(13(12)2)11-18-10-14-6-8-15(9-7-14)17(19)20/h6-9,12-13,16,18H,3-5,10-11H2,1-2H3,(H,19,20). The molecule has 3 atom stereocenters. The van der Waals surface area contributed by atoms with Crippen LogP contribution in [0, 0.1) is 17.8 Å². The van der Waals surface area contributed by atoms with Crippen LogP contribution in [0.4, 0.5) is 0 Å². The molecule has 0 spiro atoms. The molecule has 1 aliphatic carbocycles. The van der Waals surface area contributed by atoms with Gasteiger partial charge in [0.25, 0.3) is 0 Å². The van der Waals surface area contributed by atoms with Gasteiger partial charge in [-0.2, -0.15) is 0 Å². The van der Waals surface area contributed by atoms with Crippen molar-refractivity contribution in [2.45, 2.75) is 39.7 Å². The summed E-state index contributed by atoms with van der Waals surface area (Å²) in [6.45, 7) is 6.61. The average Bonchev–Trinajstić information content (AvgIpc) is 2.44. The third-order valence-electron chi connectivity index (χ3n) is 4.81. The second-order valence-electron chi connectivity index (χ2n) is 6.16. The highest BCUT2D eigenvalue weighted by molar-refractivity contribution is 5.87. The van der Waals surface area contributed by atoms with Crippen molar-refractivity contribution in [2.24, 2.45) is 17.8 Å². The van der Waals surface area contributed by atoms with E-state index >= 15 is 0 Å². The van der Waals surface area contributed by atoms with Crippen LogP contribution in [0.3, 0.4) is 0 Å². The molecule has 110 valence electrons. The number of hydrogen-bond acceptors (Lipinski definition) is 2. The predicted molar refractivity (Wildman–Crippen MR) is 80.8 cm³/mol. The summed E-state index contributed by atoms with van der Waals surface area (Å²) in [7, 11) is 0. The Kier molecular flexibility index (Phi) is 5.18. The summed E-state index contributed by atoms with van der Waals surface area (Å²) in [5.41, 5.74) is 1.50. The van der Waals surface area contributed by atoms with Crippen molar-refractivity contribution in [3.8, 4) is 0 Å². The molecular weight excluding hydrogens is 250 g/mol. The van der Waals surface area contributed by atoms with Crippen LogP contribution in [0.25, 0.3) is 0 Å². The molecule has 0 aromatic heterocycles. The van der Waals surface area contributed by atoms with Gasteiger partial charge in [-0.15, -0.1) is 0 Å². The molecule has 20 heavy (non-hydrogen) atoms. The van der Waals surface area contributed by atoms with Gasteiger partial charge in [0.1, 0.15) is 0 Å². The smallest absolute Gasteiger partial charge is 0.335 e. The first-order chi connectivity index (χ1) is 9.58. The van der Waals surface area contributed by atoms with E-state index in [0.717, 1.165) is 36.4 Å². The SMILES string of the molecule is CC1CCCC(CNCc2ccc(C(=O)O)cc2)C1C. The van der Waals surface area contributed by atoms with Crippen molar-refractivity contribution in [1.82, 2.24) is 5.32 Å². The minimum atomic E-state index is -0.866. The Morgan fingerprint density at radius 2 is 1.95 bits per heavy atom. The van der Waals surface area contributed by atoms with Crippen LogP contribution >= 0.6 is 0 Å². The summed E-state index contributed by atoms with van der Waals surface area (Å²) in [6, 6.07) is 7.13. The molecule has 2 N–H and O–H groups in total. The van der Waals surface area contributed by atoms with Gasteiger partial charge in [0, 0.05) is 6.54 Å². The zero-order chi connectivity index (χ0) is 14.5. The van der Waals surface area contributed by atoms with Crippen LogP contribution in [0.2, 0.25) is 0 Å². The van der Waals surface area contributed by atoms with Crippen LogP contribution in [0.5, 0.6) is 0 Å². The Balaban J connectivity index is 1.79. The van der Waals surface area contributed by atoms with Crippen molar-refractivity contribution in [3.63, 3.8) is 0 Å². The van der Waals surface area contributed by atoms with E-state index in [2.05, 4.69) is 19.2 Å². The normalized spacial score (nSPS) is 26.4.